The third-order valence-corrected chi connectivity index (χ3v) is 4.90. The van der Waals surface area contributed by atoms with E-state index in [-0.39, 0.29) is 16.9 Å². The Hall–Kier alpha value is -0.910. The number of hydrogen-bond donors (Lipinski definition) is 0. The Labute approximate surface area is 115 Å². The first kappa shape index (κ1) is 14.5. The van der Waals surface area contributed by atoms with Crippen LogP contribution in [0.15, 0.2) is 29.2 Å². The number of nitrogens with zero attached hydrogens (tertiary/aromatic N) is 1. The second-order valence-corrected chi connectivity index (χ2v) is 7.44. The minimum atomic E-state index is -3.64. The second-order valence-electron chi connectivity index (χ2n) is 5.83. The zero-order chi connectivity index (χ0) is 14.1. The maximum atomic E-state index is 12.1. The summed E-state index contributed by atoms with van der Waals surface area (Å²) in [7, 11) is -1.60. The van der Waals surface area contributed by atoms with Crippen molar-refractivity contribution < 1.29 is 12.6 Å². The van der Waals surface area contributed by atoms with E-state index in [4.69, 9.17) is 4.18 Å². The summed E-state index contributed by atoms with van der Waals surface area (Å²) in [5.41, 5.74) is 0.954. The Bertz CT molecular complexity index is 538. The van der Waals surface area contributed by atoms with Gasteiger partial charge < -0.3 is 4.90 Å². The third-order valence-electron chi connectivity index (χ3n) is 3.62. The van der Waals surface area contributed by atoms with Crippen molar-refractivity contribution in [3.8, 4) is 0 Å². The van der Waals surface area contributed by atoms with Crippen molar-refractivity contribution >= 4 is 10.1 Å². The molecular weight excluding hydrogens is 262 g/mol. The van der Waals surface area contributed by atoms with Crippen LogP contribution in [0.5, 0.6) is 0 Å². The van der Waals surface area contributed by atoms with E-state index < -0.39 is 10.1 Å². The van der Waals surface area contributed by atoms with Crippen molar-refractivity contribution in [1.82, 2.24) is 4.90 Å². The van der Waals surface area contributed by atoms with Gasteiger partial charge in [0, 0.05) is 12.0 Å². The van der Waals surface area contributed by atoms with Gasteiger partial charge in [-0.1, -0.05) is 24.6 Å². The fourth-order valence-electron chi connectivity index (χ4n) is 2.38. The van der Waals surface area contributed by atoms with Crippen LogP contribution >= 0.6 is 0 Å². The Morgan fingerprint density at radius 2 is 1.95 bits per heavy atom. The monoisotopic (exact) mass is 283 g/mol. The number of aryl methyl sites for hydroxylation is 1. The molecule has 5 heteroatoms. The van der Waals surface area contributed by atoms with Crippen molar-refractivity contribution in [3.05, 3.63) is 29.8 Å². The molecule has 1 heterocycles. The van der Waals surface area contributed by atoms with Gasteiger partial charge in [-0.3, -0.25) is 4.18 Å². The van der Waals surface area contributed by atoms with Crippen LogP contribution in [0.4, 0.5) is 0 Å². The first-order valence-electron chi connectivity index (χ1n) is 6.45. The van der Waals surface area contributed by atoms with Crippen LogP contribution in [0.2, 0.25) is 0 Å². The summed E-state index contributed by atoms with van der Waals surface area (Å²) in [6, 6.07) is 6.74. The molecule has 0 saturated carbocycles. The first-order chi connectivity index (χ1) is 8.81. The molecule has 0 amide bonds. The molecule has 1 aliphatic heterocycles. The van der Waals surface area contributed by atoms with E-state index in [0.29, 0.717) is 0 Å². The SMILES string of the molecule is Cc1ccc(S(=O)(=O)OCC2(C)CCN(C)C2)cc1. The van der Waals surface area contributed by atoms with Gasteiger partial charge in [-0.05, 0) is 39.1 Å². The number of likely N-dealkylation sites (tertiary alicyclic amines) is 1. The van der Waals surface area contributed by atoms with E-state index in [1.807, 2.05) is 14.0 Å². The van der Waals surface area contributed by atoms with E-state index in [9.17, 15) is 8.42 Å². The highest BCUT2D eigenvalue weighted by molar-refractivity contribution is 7.86. The molecule has 1 saturated heterocycles. The zero-order valence-electron chi connectivity index (χ0n) is 11.7. The maximum Gasteiger partial charge on any atom is 0.296 e. The average Bonchev–Trinajstić information content (AvgIpc) is 2.68. The van der Waals surface area contributed by atoms with Crippen molar-refractivity contribution in [2.45, 2.75) is 25.2 Å². The summed E-state index contributed by atoms with van der Waals surface area (Å²) in [6.45, 7) is 6.10. The van der Waals surface area contributed by atoms with Gasteiger partial charge in [0.15, 0.2) is 0 Å². The summed E-state index contributed by atoms with van der Waals surface area (Å²) in [6.07, 6.45) is 0.965. The molecule has 0 spiro atoms. The molecule has 2 rings (SSSR count). The van der Waals surface area contributed by atoms with E-state index >= 15 is 0 Å². The highest BCUT2D eigenvalue weighted by Gasteiger charge is 2.34. The summed E-state index contributed by atoms with van der Waals surface area (Å²) in [5, 5.41) is 0. The number of rotatable bonds is 4. The van der Waals surface area contributed by atoms with E-state index in [1.165, 1.54) is 0 Å². The molecule has 1 aliphatic rings. The van der Waals surface area contributed by atoms with E-state index in [1.54, 1.807) is 24.3 Å². The maximum absolute atomic E-state index is 12.1. The molecule has 1 fully saturated rings. The lowest BCUT2D eigenvalue weighted by atomic mass is 9.91. The van der Waals surface area contributed by atoms with Gasteiger partial charge in [-0.25, -0.2) is 0 Å². The standard InChI is InChI=1S/C14H21NO3S/c1-12-4-6-13(7-5-12)19(16,17)18-11-14(2)8-9-15(3)10-14/h4-7H,8-11H2,1-3H3. The molecule has 1 aromatic carbocycles. The molecule has 19 heavy (non-hydrogen) atoms. The Morgan fingerprint density at radius 3 is 2.47 bits per heavy atom. The second kappa shape index (κ2) is 5.23. The molecule has 106 valence electrons. The Kier molecular flexibility index (Phi) is 3.99. The molecule has 0 radical (unpaired) electrons. The van der Waals surface area contributed by atoms with Crippen LogP contribution in [0.1, 0.15) is 18.9 Å². The summed E-state index contributed by atoms with van der Waals surface area (Å²) >= 11 is 0. The van der Waals surface area contributed by atoms with Gasteiger partial charge in [0.1, 0.15) is 0 Å². The number of benzene rings is 1. The molecular formula is C14H21NO3S. The van der Waals surface area contributed by atoms with Gasteiger partial charge in [0.25, 0.3) is 10.1 Å². The Morgan fingerprint density at radius 1 is 1.32 bits per heavy atom. The van der Waals surface area contributed by atoms with Crippen molar-refractivity contribution in [1.29, 1.82) is 0 Å². The molecule has 1 aromatic rings. The summed E-state index contributed by atoms with van der Waals surface area (Å²) in [4.78, 5) is 2.43. The van der Waals surface area contributed by atoms with Gasteiger partial charge >= 0.3 is 0 Å². The fraction of sp³-hybridized carbons (Fsp3) is 0.571. The number of hydrogen-bond acceptors (Lipinski definition) is 4. The molecule has 0 bridgehead atoms. The quantitative estimate of drug-likeness (QED) is 0.793. The lowest BCUT2D eigenvalue weighted by Crippen LogP contribution is -2.28. The minimum Gasteiger partial charge on any atom is -0.306 e. The van der Waals surface area contributed by atoms with Crippen molar-refractivity contribution in [3.63, 3.8) is 0 Å². The normalized spacial score (nSPS) is 24.8. The largest absolute Gasteiger partial charge is 0.306 e. The molecule has 0 aliphatic carbocycles. The lowest BCUT2D eigenvalue weighted by molar-refractivity contribution is 0.173. The topological polar surface area (TPSA) is 46.6 Å². The highest BCUT2D eigenvalue weighted by atomic mass is 32.2. The van der Waals surface area contributed by atoms with E-state index in [2.05, 4.69) is 11.8 Å². The third kappa shape index (κ3) is 3.55. The molecule has 4 nitrogen and oxygen atoms in total. The molecule has 0 N–H and O–H groups in total. The van der Waals surface area contributed by atoms with Crippen LogP contribution in [0.3, 0.4) is 0 Å². The Balaban J connectivity index is 2.04. The van der Waals surface area contributed by atoms with Crippen LogP contribution in [0.25, 0.3) is 0 Å². The van der Waals surface area contributed by atoms with Crippen molar-refractivity contribution in [2.75, 3.05) is 26.7 Å². The van der Waals surface area contributed by atoms with Crippen LogP contribution in [-0.2, 0) is 14.3 Å². The summed E-state index contributed by atoms with van der Waals surface area (Å²) in [5.74, 6) is 0. The van der Waals surface area contributed by atoms with Gasteiger partial charge in [0.2, 0.25) is 0 Å². The predicted octanol–water partition coefficient (Wildman–Crippen LogP) is 2.04. The zero-order valence-corrected chi connectivity index (χ0v) is 12.5. The van der Waals surface area contributed by atoms with Gasteiger partial charge in [-0.2, -0.15) is 8.42 Å². The van der Waals surface area contributed by atoms with Gasteiger partial charge in [0.05, 0.1) is 11.5 Å². The molecule has 1 unspecified atom stereocenters. The fourth-order valence-corrected chi connectivity index (χ4v) is 3.43. The first-order valence-corrected chi connectivity index (χ1v) is 7.86. The van der Waals surface area contributed by atoms with Gasteiger partial charge in [-0.15, -0.1) is 0 Å². The summed E-state index contributed by atoms with van der Waals surface area (Å²) < 4.78 is 29.4. The molecule has 0 aromatic heterocycles. The van der Waals surface area contributed by atoms with Crippen LogP contribution < -0.4 is 0 Å². The van der Waals surface area contributed by atoms with Crippen LogP contribution in [0, 0.1) is 12.3 Å². The van der Waals surface area contributed by atoms with Crippen molar-refractivity contribution in [2.24, 2.45) is 5.41 Å². The molecule has 1 atom stereocenters. The average molecular weight is 283 g/mol. The minimum absolute atomic E-state index is 0.0769. The lowest BCUT2D eigenvalue weighted by Gasteiger charge is -2.22. The smallest absolute Gasteiger partial charge is 0.296 e. The van der Waals surface area contributed by atoms with Crippen LogP contribution in [-0.4, -0.2) is 40.1 Å². The predicted molar refractivity (Wildman–Crippen MR) is 74.5 cm³/mol. The highest BCUT2D eigenvalue weighted by Crippen LogP contribution is 2.30. The van der Waals surface area contributed by atoms with E-state index in [0.717, 1.165) is 25.1 Å².